The Labute approximate surface area is 198 Å². The number of rotatable bonds is 7. The predicted molar refractivity (Wildman–Crippen MR) is 127 cm³/mol. The second kappa shape index (κ2) is 9.89. The first-order valence-electron chi connectivity index (χ1n) is 9.76. The third kappa shape index (κ3) is 4.74. The molecule has 0 saturated heterocycles. The second-order valence-corrected chi connectivity index (χ2v) is 9.45. The van der Waals surface area contributed by atoms with Crippen LogP contribution in [-0.2, 0) is 9.47 Å². The minimum atomic E-state index is -0.632. The third-order valence-corrected chi connectivity index (χ3v) is 7.28. The number of ether oxygens (including phenoxy) is 3. The molecule has 0 aliphatic rings. The Hall–Kier alpha value is -2.62. The van der Waals surface area contributed by atoms with Crippen molar-refractivity contribution in [2.24, 2.45) is 0 Å². The van der Waals surface area contributed by atoms with Crippen LogP contribution >= 0.6 is 34.3 Å². The number of carbonyl (C=O) groups is 3. The molecule has 10 heteroatoms. The molecule has 3 rings (SSSR count). The molecule has 0 radical (unpaired) electrons. The van der Waals surface area contributed by atoms with Crippen molar-refractivity contribution in [3.8, 4) is 5.75 Å². The highest BCUT2D eigenvalue weighted by molar-refractivity contribution is 7.22. The topological polar surface area (TPSA) is 90.9 Å². The molecule has 2 aromatic heterocycles. The Morgan fingerprint density at radius 1 is 1.12 bits per heavy atom. The summed E-state index contributed by atoms with van der Waals surface area (Å²) in [6, 6.07) is 5.36. The van der Waals surface area contributed by atoms with Gasteiger partial charge in [-0.25, -0.2) is 9.59 Å². The fourth-order valence-corrected chi connectivity index (χ4v) is 5.45. The van der Waals surface area contributed by atoms with E-state index in [1.165, 1.54) is 11.3 Å². The van der Waals surface area contributed by atoms with Crippen LogP contribution in [0, 0.1) is 6.92 Å². The highest BCUT2D eigenvalue weighted by atomic mass is 35.5. The molecule has 0 aliphatic carbocycles. The van der Waals surface area contributed by atoms with Gasteiger partial charge in [-0.1, -0.05) is 11.6 Å². The quantitative estimate of drug-likeness (QED) is 0.408. The van der Waals surface area contributed by atoms with E-state index in [2.05, 4.69) is 5.32 Å². The van der Waals surface area contributed by atoms with Crippen molar-refractivity contribution in [2.75, 3.05) is 19.0 Å². The molecule has 0 spiro atoms. The van der Waals surface area contributed by atoms with Crippen molar-refractivity contribution >= 4 is 67.2 Å². The van der Waals surface area contributed by atoms with Gasteiger partial charge in [0, 0.05) is 10.1 Å². The van der Waals surface area contributed by atoms with E-state index >= 15 is 0 Å². The average molecular weight is 496 g/mol. The van der Waals surface area contributed by atoms with E-state index < -0.39 is 17.8 Å². The van der Waals surface area contributed by atoms with E-state index in [0.29, 0.717) is 16.7 Å². The van der Waals surface area contributed by atoms with Crippen molar-refractivity contribution in [3.63, 3.8) is 0 Å². The number of thiophene rings is 2. The maximum absolute atomic E-state index is 13.1. The zero-order valence-corrected chi connectivity index (χ0v) is 20.5. The zero-order chi connectivity index (χ0) is 23.6. The van der Waals surface area contributed by atoms with Crippen molar-refractivity contribution < 1.29 is 28.6 Å². The van der Waals surface area contributed by atoms with Crippen LogP contribution < -0.4 is 10.1 Å². The number of fused-ring (bicyclic) bond motifs is 1. The van der Waals surface area contributed by atoms with Crippen LogP contribution in [0.5, 0.6) is 5.75 Å². The van der Waals surface area contributed by atoms with Gasteiger partial charge in [-0.15, -0.1) is 22.7 Å². The summed E-state index contributed by atoms with van der Waals surface area (Å²) in [6.45, 7) is 6.91. The number of carbonyl (C=O) groups excluding carboxylic acids is 3. The van der Waals surface area contributed by atoms with Crippen LogP contribution in [0.4, 0.5) is 5.00 Å². The first-order chi connectivity index (χ1) is 15.2. The number of halogens is 1. The monoisotopic (exact) mass is 495 g/mol. The summed E-state index contributed by atoms with van der Waals surface area (Å²) < 4.78 is 16.4. The van der Waals surface area contributed by atoms with Crippen LogP contribution in [0.15, 0.2) is 18.2 Å². The Balaban J connectivity index is 2.01. The van der Waals surface area contributed by atoms with E-state index in [1.807, 2.05) is 6.07 Å². The van der Waals surface area contributed by atoms with E-state index in [-0.39, 0.29) is 38.1 Å². The highest BCUT2D eigenvalue weighted by Crippen LogP contribution is 2.39. The Kier molecular flexibility index (Phi) is 7.43. The van der Waals surface area contributed by atoms with Gasteiger partial charge >= 0.3 is 11.9 Å². The summed E-state index contributed by atoms with van der Waals surface area (Å²) >= 11 is 8.66. The smallest absolute Gasteiger partial charge is 0.348 e. The number of amides is 1. The summed E-state index contributed by atoms with van der Waals surface area (Å²) in [5.74, 6) is -1.07. The lowest BCUT2D eigenvalue weighted by Crippen LogP contribution is -2.14. The fraction of sp³-hybridized carbons (Fsp3) is 0.318. The number of hydrogen-bond acceptors (Lipinski definition) is 8. The van der Waals surface area contributed by atoms with Crippen LogP contribution in [-0.4, -0.2) is 37.7 Å². The van der Waals surface area contributed by atoms with E-state index in [4.69, 9.17) is 25.8 Å². The molecule has 0 unspecified atom stereocenters. The molecule has 1 amide bonds. The second-order valence-electron chi connectivity index (χ2n) is 7.00. The summed E-state index contributed by atoms with van der Waals surface area (Å²) in [4.78, 5) is 38.7. The van der Waals surface area contributed by atoms with Gasteiger partial charge in [-0.2, -0.15) is 0 Å². The van der Waals surface area contributed by atoms with Gasteiger partial charge in [-0.3, -0.25) is 4.79 Å². The van der Waals surface area contributed by atoms with Gasteiger partial charge < -0.3 is 19.5 Å². The zero-order valence-electron chi connectivity index (χ0n) is 18.2. The Morgan fingerprint density at radius 2 is 1.84 bits per heavy atom. The van der Waals surface area contributed by atoms with Crippen LogP contribution in [0.3, 0.4) is 0 Å². The lowest BCUT2D eigenvalue weighted by atomic mass is 10.1. The third-order valence-electron chi connectivity index (χ3n) is 4.42. The number of esters is 2. The minimum Gasteiger partial charge on any atom is -0.497 e. The first kappa shape index (κ1) is 24.0. The molecule has 1 aromatic carbocycles. The SMILES string of the molecule is CCOC(=O)c1c(NC(=O)c2sc3ccc(OC)cc3c2Cl)sc(C(=O)OC(C)C)c1C. The maximum atomic E-state index is 13.1. The van der Waals surface area contributed by atoms with Gasteiger partial charge in [0.15, 0.2) is 0 Å². The van der Waals surface area contributed by atoms with E-state index in [9.17, 15) is 14.4 Å². The standard InChI is InChI=1S/C22H22ClNO6S2/c1-6-29-21(26)15-11(4)17(22(27)30-10(2)3)32-20(15)24-19(25)18-16(23)13-9-12(28-5)7-8-14(13)31-18/h7-10H,6H2,1-5H3,(H,24,25). The minimum absolute atomic E-state index is 0.125. The molecular weight excluding hydrogens is 474 g/mol. The van der Waals surface area contributed by atoms with Crippen LogP contribution in [0.1, 0.15) is 56.0 Å². The molecule has 0 bridgehead atoms. The molecule has 170 valence electrons. The number of benzene rings is 1. The summed E-state index contributed by atoms with van der Waals surface area (Å²) in [6.07, 6.45) is -0.331. The van der Waals surface area contributed by atoms with E-state index in [0.717, 1.165) is 16.0 Å². The molecule has 2 heterocycles. The number of hydrogen-bond donors (Lipinski definition) is 1. The molecule has 3 aromatic rings. The van der Waals surface area contributed by atoms with Crippen LogP contribution in [0.2, 0.25) is 5.02 Å². The van der Waals surface area contributed by atoms with Gasteiger partial charge in [0.2, 0.25) is 0 Å². The average Bonchev–Trinajstić information content (AvgIpc) is 3.24. The van der Waals surface area contributed by atoms with Gasteiger partial charge in [0.1, 0.15) is 20.5 Å². The molecule has 0 atom stereocenters. The lowest BCUT2D eigenvalue weighted by molar-refractivity contribution is 0.0383. The van der Waals surface area contributed by atoms with Crippen molar-refractivity contribution in [3.05, 3.63) is 44.1 Å². The summed E-state index contributed by atoms with van der Waals surface area (Å²) in [5.41, 5.74) is 0.515. The molecule has 7 nitrogen and oxygen atoms in total. The number of nitrogens with one attached hydrogen (secondary N) is 1. The fourth-order valence-electron chi connectivity index (χ4n) is 2.99. The molecular formula is C22H22ClNO6S2. The Bertz CT molecular complexity index is 1200. The van der Waals surface area contributed by atoms with Gasteiger partial charge in [-0.05, 0) is 51.5 Å². The lowest BCUT2D eigenvalue weighted by Gasteiger charge is -2.07. The molecule has 0 fully saturated rings. The van der Waals surface area contributed by atoms with Gasteiger partial charge in [0.25, 0.3) is 5.91 Å². The summed E-state index contributed by atoms with van der Waals surface area (Å²) in [5, 5.41) is 3.91. The molecule has 0 aliphatic heterocycles. The van der Waals surface area contributed by atoms with Crippen LogP contribution in [0.25, 0.3) is 10.1 Å². The predicted octanol–water partition coefficient (Wildman–Crippen LogP) is 5.93. The van der Waals surface area contributed by atoms with Crippen molar-refractivity contribution in [1.82, 2.24) is 0 Å². The molecule has 32 heavy (non-hydrogen) atoms. The molecule has 0 saturated carbocycles. The number of anilines is 1. The van der Waals surface area contributed by atoms with E-state index in [1.54, 1.807) is 46.9 Å². The number of methoxy groups -OCH3 is 1. The van der Waals surface area contributed by atoms with Gasteiger partial charge in [0.05, 0.1) is 30.4 Å². The normalized spacial score (nSPS) is 11.0. The highest BCUT2D eigenvalue weighted by Gasteiger charge is 2.29. The Morgan fingerprint density at radius 3 is 2.47 bits per heavy atom. The largest absolute Gasteiger partial charge is 0.497 e. The first-order valence-corrected chi connectivity index (χ1v) is 11.8. The van der Waals surface area contributed by atoms with Crippen molar-refractivity contribution in [2.45, 2.75) is 33.8 Å². The molecule has 1 N–H and O–H groups in total. The van der Waals surface area contributed by atoms with Crippen molar-refractivity contribution in [1.29, 1.82) is 0 Å². The maximum Gasteiger partial charge on any atom is 0.348 e. The summed E-state index contributed by atoms with van der Waals surface area (Å²) in [7, 11) is 1.55.